The van der Waals surface area contributed by atoms with Gasteiger partial charge in [0.2, 0.25) is 11.0 Å². The summed E-state index contributed by atoms with van der Waals surface area (Å²) in [5.41, 5.74) is 5.45. The van der Waals surface area contributed by atoms with Crippen LogP contribution < -0.4 is 11.1 Å². The number of aromatic nitrogens is 2. The molecular weight excluding hydrogens is 272 g/mol. The Morgan fingerprint density at radius 3 is 3.11 bits per heavy atom. The molecule has 0 radical (unpaired) electrons. The van der Waals surface area contributed by atoms with Gasteiger partial charge in [-0.05, 0) is 12.1 Å². The molecule has 2 heterocycles. The molecular formula is C10H12N4O2S2. The Morgan fingerprint density at radius 1 is 1.56 bits per heavy atom. The number of thioether (sulfide) groups is 1. The molecule has 0 bridgehead atoms. The van der Waals surface area contributed by atoms with Crippen molar-refractivity contribution in [1.82, 2.24) is 15.5 Å². The second-order valence-corrected chi connectivity index (χ2v) is 5.71. The number of hydrogen-bond donors (Lipinski definition) is 2. The lowest BCUT2D eigenvalue weighted by molar-refractivity contribution is -0.120. The van der Waals surface area contributed by atoms with Crippen LogP contribution in [0.15, 0.2) is 27.2 Å². The van der Waals surface area contributed by atoms with Gasteiger partial charge in [-0.2, -0.15) is 0 Å². The van der Waals surface area contributed by atoms with Gasteiger partial charge in [0.25, 0.3) is 0 Å². The van der Waals surface area contributed by atoms with Crippen molar-refractivity contribution in [3.8, 4) is 0 Å². The van der Waals surface area contributed by atoms with E-state index in [1.807, 2.05) is 6.07 Å². The van der Waals surface area contributed by atoms with Gasteiger partial charge in [-0.1, -0.05) is 23.1 Å². The van der Waals surface area contributed by atoms with E-state index in [-0.39, 0.29) is 5.91 Å². The van der Waals surface area contributed by atoms with Gasteiger partial charge < -0.3 is 15.5 Å². The smallest absolute Gasteiger partial charge is 0.221 e. The second-order valence-electron chi connectivity index (χ2n) is 3.36. The Balaban J connectivity index is 1.63. The van der Waals surface area contributed by atoms with Crippen LogP contribution in [0.25, 0.3) is 0 Å². The van der Waals surface area contributed by atoms with Crippen LogP contribution in [0.5, 0.6) is 0 Å². The molecule has 2 aromatic heterocycles. The standard InChI is InChI=1S/C10H12N4O2S2/c11-9-13-14-10(18-9)17-5-3-8(15)12-6-7-2-1-4-16-7/h1-2,4H,3,5-6H2,(H2,11,13)(H,12,15). The molecule has 6 nitrogen and oxygen atoms in total. The zero-order valence-corrected chi connectivity index (χ0v) is 11.1. The topological polar surface area (TPSA) is 94.0 Å². The minimum atomic E-state index is -0.0172. The maximum atomic E-state index is 11.5. The maximum absolute atomic E-state index is 11.5. The number of carbonyl (C=O) groups excluding carboxylic acids is 1. The summed E-state index contributed by atoms with van der Waals surface area (Å²) in [6.07, 6.45) is 2.00. The van der Waals surface area contributed by atoms with Crippen molar-refractivity contribution in [1.29, 1.82) is 0 Å². The van der Waals surface area contributed by atoms with Crippen molar-refractivity contribution in [2.45, 2.75) is 17.3 Å². The summed E-state index contributed by atoms with van der Waals surface area (Å²) < 4.78 is 5.89. The van der Waals surface area contributed by atoms with E-state index < -0.39 is 0 Å². The van der Waals surface area contributed by atoms with E-state index in [9.17, 15) is 4.79 Å². The van der Waals surface area contributed by atoms with E-state index in [2.05, 4.69) is 15.5 Å². The summed E-state index contributed by atoms with van der Waals surface area (Å²) in [5, 5.41) is 10.8. The molecule has 0 aliphatic heterocycles. The first-order chi connectivity index (χ1) is 8.74. The molecule has 0 unspecified atom stereocenters. The van der Waals surface area contributed by atoms with Gasteiger partial charge in [0.15, 0.2) is 4.34 Å². The molecule has 0 atom stereocenters. The van der Waals surface area contributed by atoms with Crippen LogP contribution >= 0.6 is 23.1 Å². The van der Waals surface area contributed by atoms with Crippen LogP contribution in [0, 0.1) is 0 Å². The number of nitrogens with one attached hydrogen (secondary N) is 1. The van der Waals surface area contributed by atoms with E-state index >= 15 is 0 Å². The molecule has 3 N–H and O–H groups in total. The summed E-state index contributed by atoms with van der Waals surface area (Å²) in [6.45, 7) is 0.419. The van der Waals surface area contributed by atoms with Gasteiger partial charge in [0, 0.05) is 12.2 Å². The van der Waals surface area contributed by atoms with Crippen molar-refractivity contribution in [3.63, 3.8) is 0 Å². The summed E-state index contributed by atoms with van der Waals surface area (Å²) in [4.78, 5) is 11.5. The molecule has 0 aliphatic carbocycles. The predicted octanol–water partition coefficient (Wildman–Crippen LogP) is 1.51. The molecule has 18 heavy (non-hydrogen) atoms. The predicted molar refractivity (Wildman–Crippen MR) is 70.2 cm³/mol. The highest BCUT2D eigenvalue weighted by Crippen LogP contribution is 2.23. The number of nitrogen functional groups attached to an aromatic ring is 1. The van der Waals surface area contributed by atoms with Crippen LogP contribution in [0.1, 0.15) is 12.2 Å². The third kappa shape index (κ3) is 4.04. The summed E-state index contributed by atoms with van der Waals surface area (Å²) in [7, 11) is 0. The van der Waals surface area contributed by atoms with E-state index in [0.717, 1.165) is 10.1 Å². The maximum Gasteiger partial charge on any atom is 0.221 e. The minimum absolute atomic E-state index is 0.0172. The van der Waals surface area contributed by atoms with Gasteiger partial charge in [0.1, 0.15) is 5.76 Å². The van der Waals surface area contributed by atoms with Gasteiger partial charge in [0.05, 0.1) is 12.8 Å². The highest BCUT2D eigenvalue weighted by molar-refractivity contribution is 8.01. The molecule has 0 fully saturated rings. The number of furan rings is 1. The molecule has 0 aromatic carbocycles. The molecule has 8 heteroatoms. The molecule has 0 spiro atoms. The highest BCUT2D eigenvalue weighted by Gasteiger charge is 2.05. The fourth-order valence-corrected chi connectivity index (χ4v) is 2.84. The van der Waals surface area contributed by atoms with Crippen LogP contribution in [0.4, 0.5) is 5.13 Å². The van der Waals surface area contributed by atoms with Crippen LogP contribution in [0.2, 0.25) is 0 Å². The number of rotatable bonds is 6. The average Bonchev–Trinajstić information content (AvgIpc) is 2.98. The minimum Gasteiger partial charge on any atom is -0.467 e. The zero-order chi connectivity index (χ0) is 12.8. The first-order valence-corrected chi connectivity index (χ1v) is 7.05. The van der Waals surface area contributed by atoms with E-state index in [0.29, 0.717) is 23.8 Å². The number of anilines is 1. The molecule has 1 amide bonds. The second kappa shape index (κ2) is 6.41. The van der Waals surface area contributed by atoms with Crippen molar-refractivity contribution < 1.29 is 9.21 Å². The first-order valence-electron chi connectivity index (χ1n) is 5.25. The van der Waals surface area contributed by atoms with Crippen molar-refractivity contribution in [2.24, 2.45) is 0 Å². The van der Waals surface area contributed by atoms with Crippen molar-refractivity contribution in [2.75, 3.05) is 11.5 Å². The number of amides is 1. The lowest BCUT2D eigenvalue weighted by Crippen LogP contribution is -2.22. The van der Waals surface area contributed by atoms with Crippen molar-refractivity contribution >= 4 is 34.1 Å². The van der Waals surface area contributed by atoms with Crippen LogP contribution in [0.3, 0.4) is 0 Å². The Bertz CT molecular complexity index is 498. The van der Waals surface area contributed by atoms with Crippen molar-refractivity contribution in [3.05, 3.63) is 24.2 Å². The zero-order valence-electron chi connectivity index (χ0n) is 9.46. The molecule has 0 saturated carbocycles. The normalized spacial score (nSPS) is 10.4. The molecule has 96 valence electrons. The summed E-state index contributed by atoms with van der Waals surface area (Å²) in [6, 6.07) is 3.61. The van der Waals surface area contributed by atoms with E-state index in [1.54, 1.807) is 12.3 Å². The Morgan fingerprint density at radius 2 is 2.44 bits per heavy atom. The molecule has 2 aromatic rings. The number of nitrogens with two attached hydrogens (primary N) is 1. The van der Waals surface area contributed by atoms with E-state index in [1.165, 1.54) is 23.1 Å². The Labute approximate surface area is 112 Å². The highest BCUT2D eigenvalue weighted by atomic mass is 32.2. The number of hydrogen-bond acceptors (Lipinski definition) is 7. The Kier molecular flexibility index (Phi) is 4.59. The first kappa shape index (κ1) is 12.9. The quantitative estimate of drug-likeness (QED) is 0.781. The Hall–Kier alpha value is -1.54. The van der Waals surface area contributed by atoms with Crippen LogP contribution in [-0.4, -0.2) is 21.9 Å². The fourth-order valence-electron chi connectivity index (χ4n) is 1.20. The largest absolute Gasteiger partial charge is 0.467 e. The number of nitrogens with zero attached hydrogens (tertiary/aromatic N) is 2. The lowest BCUT2D eigenvalue weighted by atomic mass is 10.4. The summed E-state index contributed by atoms with van der Waals surface area (Å²) >= 11 is 2.80. The third-order valence-corrected chi connectivity index (χ3v) is 3.90. The van der Waals surface area contributed by atoms with Gasteiger partial charge >= 0.3 is 0 Å². The monoisotopic (exact) mass is 284 g/mol. The lowest BCUT2D eigenvalue weighted by Gasteiger charge is -2.01. The average molecular weight is 284 g/mol. The third-order valence-electron chi connectivity index (χ3n) is 2.02. The van der Waals surface area contributed by atoms with E-state index in [4.69, 9.17) is 10.2 Å². The SMILES string of the molecule is Nc1nnc(SCCC(=O)NCc2ccco2)s1. The number of carbonyl (C=O) groups is 1. The van der Waals surface area contributed by atoms with Gasteiger partial charge in [-0.25, -0.2) is 0 Å². The molecule has 2 rings (SSSR count). The van der Waals surface area contributed by atoms with Crippen LogP contribution in [-0.2, 0) is 11.3 Å². The van der Waals surface area contributed by atoms with Gasteiger partial charge in [-0.15, -0.1) is 10.2 Å². The molecule has 0 aliphatic rings. The molecule has 0 saturated heterocycles. The summed E-state index contributed by atoms with van der Waals surface area (Å²) in [5.74, 6) is 1.38. The fraction of sp³-hybridized carbons (Fsp3) is 0.300. The van der Waals surface area contributed by atoms with Gasteiger partial charge in [-0.3, -0.25) is 4.79 Å².